The van der Waals surface area contributed by atoms with Gasteiger partial charge in [-0.3, -0.25) is 4.79 Å². The second kappa shape index (κ2) is 15.8. The Morgan fingerprint density at radius 3 is 2.15 bits per heavy atom. The van der Waals surface area contributed by atoms with Crippen LogP contribution in [0.25, 0.3) is 21.8 Å². The number of ether oxygens (including phenoxy) is 4. The van der Waals surface area contributed by atoms with Gasteiger partial charge >= 0.3 is 6.09 Å². The van der Waals surface area contributed by atoms with Crippen LogP contribution in [0.3, 0.4) is 0 Å². The number of rotatable bonds is 13. The van der Waals surface area contributed by atoms with Gasteiger partial charge in [0.15, 0.2) is 0 Å². The van der Waals surface area contributed by atoms with Crippen molar-refractivity contribution in [2.75, 3.05) is 41.0 Å². The molecule has 3 aromatic carbocycles. The number of nitrogens with zero attached hydrogens (tertiary/aromatic N) is 4. The maximum Gasteiger partial charge on any atom is 0.410 e. The Morgan fingerprint density at radius 2 is 1.50 bits per heavy atom. The summed E-state index contributed by atoms with van der Waals surface area (Å²) in [6, 6.07) is 23.0. The first-order valence-corrected chi connectivity index (χ1v) is 19.2. The zero-order valence-electron chi connectivity index (χ0n) is 32.5. The summed E-state index contributed by atoms with van der Waals surface area (Å²) >= 11 is 0. The number of piperidine rings is 1. The Balaban J connectivity index is 1.25. The van der Waals surface area contributed by atoms with E-state index in [9.17, 15) is 4.79 Å². The van der Waals surface area contributed by atoms with E-state index in [-0.39, 0.29) is 24.0 Å². The summed E-state index contributed by atoms with van der Waals surface area (Å²) < 4.78 is 26.9. The smallest absolute Gasteiger partial charge is 0.410 e. The number of para-hydroxylation sites is 2. The highest BCUT2D eigenvalue weighted by Gasteiger charge is 2.44. The largest absolute Gasteiger partial charge is 0.497 e. The van der Waals surface area contributed by atoms with Crippen molar-refractivity contribution in [2.45, 2.75) is 83.6 Å². The summed E-state index contributed by atoms with van der Waals surface area (Å²) in [5.41, 5.74) is 4.95. The highest BCUT2D eigenvalue weighted by molar-refractivity contribution is 5.88. The van der Waals surface area contributed by atoms with E-state index in [1.165, 1.54) is 10.9 Å². The standard InChI is InChI=1S/C44H54N4O6/c1-44(2,3)54-43(50)46-20-18-36(38-28-47(41-15-10-8-13-37(38)41)25-30-22-33(52-5)24-34(23-30)53-6)39(29-46)42(49)48(32-16-17-32)27-31-26-45(19-11-21-51-4)40-14-9-7-12-35(31)40/h7-10,12-15,22-24,26,28,32,36,39H,11,16-21,25,27,29H2,1-6H3/t36-,39+/m1/s1. The van der Waals surface area contributed by atoms with Crippen molar-refractivity contribution in [3.63, 3.8) is 0 Å². The lowest BCUT2D eigenvalue weighted by molar-refractivity contribution is -0.139. The molecule has 0 spiro atoms. The van der Waals surface area contributed by atoms with Gasteiger partial charge in [0.05, 0.1) is 20.1 Å². The minimum atomic E-state index is -0.638. The number of likely N-dealkylation sites (tertiary alicyclic amines) is 1. The number of fused-ring (bicyclic) bond motifs is 2. The summed E-state index contributed by atoms with van der Waals surface area (Å²) in [5.74, 6) is 1.03. The Morgan fingerprint density at radius 1 is 0.833 bits per heavy atom. The summed E-state index contributed by atoms with van der Waals surface area (Å²) in [7, 11) is 5.06. The van der Waals surface area contributed by atoms with Crippen molar-refractivity contribution in [3.8, 4) is 11.5 Å². The normalized spacial score (nSPS) is 17.6. The molecule has 2 aliphatic rings. The summed E-state index contributed by atoms with van der Waals surface area (Å²) in [4.78, 5) is 32.7. The Hall–Kier alpha value is -4.96. The molecule has 1 aliphatic carbocycles. The van der Waals surface area contributed by atoms with Gasteiger partial charge in [-0.1, -0.05) is 36.4 Å². The Bertz CT molecular complexity index is 2080. The summed E-state index contributed by atoms with van der Waals surface area (Å²) in [6.07, 6.45) is 7.58. The zero-order chi connectivity index (χ0) is 38.0. The molecule has 2 amide bonds. The van der Waals surface area contributed by atoms with Crippen molar-refractivity contribution in [3.05, 3.63) is 95.8 Å². The number of hydrogen-bond donors (Lipinski definition) is 0. The van der Waals surface area contributed by atoms with Crippen LogP contribution in [-0.4, -0.2) is 83.6 Å². The molecule has 0 bridgehead atoms. The molecular formula is C44H54N4O6. The predicted octanol–water partition coefficient (Wildman–Crippen LogP) is 8.23. The molecule has 1 saturated heterocycles. The lowest BCUT2D eigenvalue weighted by Gasteiger charge is -2.40. The Kier molecular flexibility index (Phi) is 10.9. The number of aromatic nitrogens is 2. The van der Waals surface area contributed by atoms with Crippen LogP contribution >= 0.6 is 0 Å². The van der Waals surface area contributed by atoms with Gasteiger partial charge in [-0.15, -0.1) is 0 Å². The Labute approximate surface area is 318 Å². The first-order valence-electron chi connectivity index (χ1n) is 19.2. The van der Waals surface area contributed by atoms with E-state index >= 15 is 4.79 Å². The number of carbonyl (C=O) groups excluding carboxylic acids is 2. The summed E-state index contributed by atoms with van der Waals surface area (Å²) in [5, 5.41) is 2.29. The van der Waals surface area contributed by atoms with Gasteiger partial charge < -0.3 is 37.9 Å². The number of amides is 2. The van der Waals surface area contributed by atoms with Crippen LogP contribution in [0.5, 0.6) is 11.5 Å². The second-order valence-corrected chi connectivity index (χ2v) is 15.8. The molecule has 286 valence electrons. The monoisotopic (exact) mass is 734 g/mol. The van der Waals surface area contributed by atoms with Gasteiger partial charge in [0.1, 0.15) is 17.1 Å². The molecule has 2 fully saturated rings. The third-order valence-electron chi connectivity index (χ3n) is 10.8. The van der Waals surface area contributed by atoms with Crippen LogP contribution in [0.15, 0.2) is 79.1 Å². The van der Waals surface area contributed by atoms with Crippen molar-refractivity contribution < 1.29 is 28.5 Å². The summed E-state index contributed by atoms with van der Waals surface area (Å²) in [6.45, 7) is 9.11. The maximum absolute atomic E-state index is 15.2. The fraction of sp³-hybridized carbons (Fsp3) is 0.455. The molecule has 7 rings (SSSR count). The number of benzene rings is 3. The van der Waals surface area contributed by atoms with Crippen LogP contribution in [0.1, 0.15) is 69.1 Å². The number of hydrogen-bond acceptors (Lipinski definition) is 6. The van der Waals surface area contributed by atoms with Gasteiger partial charge in [-0.25, -0.2) is 4.79 Å². The van der Waals surface area contributed by atoms with Crippen LogP contribution in [0.4, 0.5) is 4.79 Å². The topological polar surface area (TPSA) is 87.4 Å². The molecule has 2 atom stereocenters. The van der Waals surface area contributed by atoms with Gasteiger partial charge in [0.25, 0.3) is 0 Å². The van der Waals surface area contributed by atoms with Crippen LogP contribution in [-0.2, 0) is 33.9 Å². The van der Waals surface area contributed by atoms with Gasteiger partial charge in [-0.05, 0) is 87.4 Å². The molecule has 0 radical (unpaired) electrons. The lowest BCUT2D eigenvalue weighted by Crippen LogP contribution is -2.51. The van der Waals surface area contributed by atoms with Crippen molar-refractivity contribution >= 4 is 33.8 Å². The molecule has 54 heavy (non-hydrogen) atoms. The molecule has 1 saturated carbocycles. The second-order valence-electron chi connectivity index (χ2n) is 15.8. The minimum absolute atomic E-state index is 0.0983. The average molecular weight is 735 g/mol. The maximum atomic E-state index is 15.2. The van der Waals surface area contributed by atoms with E-state index < -0.39 is 11.5 Å². The fourth-order valence-corrected chi connectivity index (χ4v) is 8.11. The number of methoxy groups -OCH3 is 3. The van der Waals surface area contributed by atoms with Crippen molar-refractivity contribution in [2.24, 2.45) is 5.92 Å². The van der Waals surface area contributed by atoms with E-state index in [0.717, 1.165) is 64.9 Å². The molecule has 0 unspecified atom stereocenters. The van der Waals surface area contributed by atoms with Crippen molar-refractivity contribution in [1.29, 1.82) is 0 Å². The molecule has 0 N–H and O–H groups in total. The number of carbonyl (C=O) groups is 2. The van der Waals surface area contributed by atoms with Crippen LogP contribution < -0.4 is 9.47 Å². The highest BCUT2D eigenvalue weighted by atomic mass is 16.6. The third-order valence-corrected chi connectivity index (χ3v) is 10.8. The predicted molar refractivity (Wildman–Crippen MR) is 211 cm³/mol. The SMILES string of the molecule is COCCCn1cc(CN(C(=O)[C@H]2CN(C(=O)OC(C)(C)C)CC[C@@H]2c2cn(Cc3cc(OC)cc(OC)c3)c3ccccc23)C2CC2)c2ccccc21. The zero-order valence-corrected chi connectivity index (χ0v) is 32.5. The molecule has 2 aromatic heterocycles. The molecule has 10 heteroatoms. The van der Waals surface area contributed by atoms with Gasteiger partial charge in [-0.2, -0.15) is 0 Å². The van der Waals surface area contributed by atoms with E-state index in [1.807, 2.05) is 39.0 Å². The van der Waals surface area contributed by atoms with Crippen LogP contribution in [0, 0.1) is 5.92 Å². The molecular weight excluding hydrogens is 681 g/mol. The first-order chi connectivity index (χ1) is 26.1. The van der Waals surface area contributed by atoms with Crippen LogP contribution in [0.2, 0.25) is 0 Å². The molecule has 5 aromatic rings. The van der Waals surface area contributed by atoms with E-state index in [4.69, 9.17) is 18.9 Å². The quantitative estimate of drug-likeness (QED) is 0.113. The fourth-order valence-electron chi connectivity index (χ4n) is 8.11. The van der Waals surface area contributed by atoms with E-state index in [2.05, 4.69) is 75.0 Å². The average Bonchev–Trinajstić information content (AvgIpc) is 3.87. The van der Waals surface area contributed by atoms with Crippen molar-refractivity contribution in [1.82, 2.24) is 18.9 Å². The molecule has 3 heterocycles. The van der Waals surface area contributed by atoms with E-state index in [1.54, 1.807) is 26.2 Å². The first kappa shape index (κ1) is 37.4. The highest BCUT2D eigenvalue weighted by Crippen LogP contribution is 2.42. The third kappa shape index (κ3) is 8.09. The van der Waals surface area contributed by atoms with E-state index in [0.29, 0.717) is 39.2 Å². The number of aryl methyl sites for hydroxylation is 1. The lowest BCUT2D eigenvalue weighted by atomic mass is 9.79. The minimum Gasteiger partial charge on any atom is -0.497 e. The molecule has 10 nitrogen and oxygen atoms in total. The van der Waals surface area contributed by atoms with Gasteiger partial charge in [0.2, 0.25) is 5.91 Å². The molecule has 1 aliphatic heterocycles. The van der Waals surface area contributed by atoms with Gasteiger partial charge in [0, 0.05) is 98.7 Å².